The number of ether oxygens (including phenoxy) is 2. The van der Waals surface area contributed by atoms with Crippen LogP contribution in [0.2, 0.25) is 5.02 Å². The molecule has 0 spiro atoms. The van der Waals surface area contributed by atoms with Crippen molar-refractivity contribution in [3.63, 3.8) is 0 Å². The fourth-order valence-electron chi connectivity index (χ4n) is 3.70. The van der Waals surface area contributed by atoms with Gasteiger partial charge in [0.25, 0.3) is 0 Å². The topological polar surface area (TPSA) is 63.7 Å². The van der Waals surface area contributed by atoms with E-state index in [2.05, 4.69) is 15.2 Å². The first kappa shape index (κ1) is 20.8. The number of hydrogen-bond donors (Lipinski definition) is 1. The highest BCUT2D eigenvalue weighted by Gasteiger charge is 2.28. The Hall–Kier alpha value is -2.47. The van der Waals surface area contributed by atoms with E-state index in [4.69, 9.17) is 21.1 Å². The highest BCUT2D eigenvalue weighted by molar-refractivity contribution is 6.34. The fourth-order valence-corrected chi connectivity index (χ4v) is 3.99. The lowest BCUT2D eigenvalue weighted by Gasteiger charge is -2.21. The zero-order chi connectivity index (χ0) is 21.1. The van der Waals surface area contributed by atoms with Gasteiger partial charge in [-0.1, -0.05) is 23.7 Å². The van der Waals surface area contributed by atoms with Gasteiger partial charge in [0.2, 0.25) is 11.8 Å². The lowest BCUT2D eigenvalue weighted by Crippen LogP contribution is -2.25. The van der Waals surface area contributed by atoms with E-state index in [0.717, 1.165) is 36.5 Å². The average Bonchev–Trinajstić information content (AvgIpc) is 3.44. The van der Waals surface area contributed by atoms with Crippen LogP contribution in [0.5, 0.6) is 11.6 Å². The van der Waals surface area contributed by atoms with E-state index in [1.165, 1.54) is 19.8 Å². The third kappa shape index (κ3) is 5.17. The minimum Gasteiger partial charge on any atom is -0.489 e. The van der Waals surface area contributed by atoms with Gasteiger partial charge in [0.1, 0.15) is 16.9 Å². The molecular weight excluding hydrogens is 402 g/mol. The Labute approximate surface area is 182 Å². The average molecular weight is 430 g/mol. The van der Waals surface area contributed by atoms with E-state index in [0.29, 0.717) is 23.4 Å². The first-order chi connectivity index (χ1) is 14.5. The number of carbonyl (C=O) groups excluding carboxylic acids is 1. The third-order valence-electron chi connectivity index (χ3n) is 5.58. The lowest BCUT2D eigenvalue weighted by atomic mass is 10.1. The molecule has 0 unspecified atom stereocenters. The number of hydrogen-bond acceptors (Lipinski definition) is 5. The molecule has 2 aliphatic rings. The Balaban J connectivity index is 1.34. The molecule has 1 saturated heterocycles. The molecule has 6 nitrogen and oxygen atoms in total. The van der Waals surface area contributed by atoms with Crippen molar-refractivity contribution >= 4 is 23.2 Å². The number of carbonyl (C=O) groups is 1. The molecule has 160 valence electrons. The standard InChI is InChI=1S/C23H28ClN3O3/c1-15(26-16(2)28)18-5-7-19(8-6-18)30-20-10-12-27(13-20)21-9-11-25-23(22(21)24)29-14-17-3-4-17/h5-9,11,15,17,20H,3-4,10,12-14H2,1-2H3,(H,26,28)/t15-,20+/m0/s1. The van der Waals surface area contributed by atoms with E-state index in [1.54, 1.807) is 6.20 Å². The molecule has 1 N–H and O–H groups in total. The van der Waals surface area contributed by atoms with Gasteiger partial charge >= 0.3 is 0 Å². The summed E-state index contributed by atoms with van der Waals surface area (Å²) in [4.78, 5) is 17.8. The number of pyridine rings is 1. The third-order valence-corrected chi connectivity index (χ3v) is 5.93. The van der Waals surface area contributed by atoms with Crippen molar-refractivity contribution in [2.24, 2.45) is 5.92 Å². The molecule has 7 heteroatoms. The van der Waals surface area contributed by atoms with Crippen molar-refractivity contribution in [3.05, 3.63) is 47.1 Å². The van der Waals surface area contributed by atoms with Gasteiger partial charge < -0.3 is 19.7 Å². The van der Waals surface area contributed by atoms with Crippen LogP contribution in [0.15, 0.2) is 36.5 Å². The largest absolute Gasteiger partial charge is 0.489 e. The van der Waals surface area contributed by atoms with Gasteiger partial charge in [-0.2, -0.15) is 0 Å². The smallest absolute Gasteiger partial charge is 0.234 e. The summed E-state index contributed by atoms with van der Waals surface area (Å²) in [5.74, 6) is 1.97. The molecule has 1 aliphatic carbocycles. The summed E-state index contributed by atoms with van der Waals surface area (Å²) in [6, 6.07) is 9.81. The van der Waals surface area contributed by atoms with Gasteiger partial charge in [-0.15, -0.1) is 0 Å². The summed E-state index contributed by atoms with van der Waals surface area (Å²) in [5.41, 5.74) is 2.00. The number of nitrogens with one attached hydrogen (secondary N) is 1. The van der Waals surface area contributed by atoms with Crippen LogP contribution in [-0.4, -0.2) is 36.7 Å². The summed E-state index contributed by atoms with van der Waals surface area (Å²) in [6.07, 6.45) is 5.22. The maximum Gasteiger partial charge on any atom is 0.234 e. The minimum atomic E-state index is -0.0373. The molecule has 0 bridgehead atoms. The maximum atomic E-state index is 11.2. The van der Waals surface area contributed by atoms with Crippen LogP contribution >= 0.6 is 11.6 Å². The fraction of sp³-hybridized carbons (Fsp3) is 0.478. The normalized spacial score (nSPS) is 19.4. The Morgan fingerprint density at radius 2 is 2.03 bits per heavy atom. The second kappa shape index (κ2) is 9.13. The van der Waals surface area contributed by atoms with E-state index >= 15 is 0 Å². The van der Waals surface area contributed by atoms with Crippen LogP contribution in [0.25, 0.3) is 0 Å². The van der Waals surface area contributed by atoms with Crippen molar-refractivity contribution in [3.8, 4) is 11.6 Å². The molecule has 1 aromatic carbocycles. The first-order valence-corrected chi connectivity index (χ1v) is 10.9. The van der Waals surface area contributed by atoms with E-state index < -0.39 is 0 Å². The van der Waals surface area contributed by atoms with E-state index in [1.807, 2.05) is 37.3 Å². The quantitative estimate of drug-likeness (QED) is 0.674. The van der Waals surface area contributed by atoms with E-state index in [9.17, 15) is 4.79 Å². The van der Waals surface area contributed by atoms with Crippen LogP contribution in [0.4, 0.5) is 5.69 Å². The lowest BCUT2D eigenvalue weighted by molar-refractivity contribution is -0.119. The van der Waals surface area contributed by atoms with Gasteiger partial charge in [-0.05, 0) is 49.4 Å². The molecular formula is C23H28ClN3O3. The zero-order valence-electron chi connectivity index (χ0n) is 17.4. The summed E-state index contributed by atoms with van der Waals surface area (Å²) >= 11 is 6.58. The number of anilines is 1. The predicted octanol–water partition coefficient (Wildman–Crippen LogP) is 4.38. The number of aromatic nitrogens is 1. The van der Waals surface area contributed by atoms with E-state index in [-0.39, 0.29) is 18.1 Å². The first-order valence-electron chi connectivity index (χ1n) is 10.6. The Morgan fingerprint density at radius 1 is 1.27 bits per heavy atom. The number of nitrogens with zero attached hydrogens (tertiary/aromatic N) is 2. The van der Waals surface area contributed by atoms with Crippen molar-refractivity contribution < 1.29 is 14.3 Å². The highest BCUT2D eigenvalue weighted by Crippen LogP contribution is 2.36. The molecule has 2 atom stereocenters. The van der Waals surface area contributed by atoms with Crippen molar-refractivity contribution in [1.82, 2.24) is 10.3 Å². The second-order valence-electron chi connectivity index (χ2n) is 8.17. The van der Waals surface area contributed by atoms with Crippen LogP contribution < -0.4 is 19.7 Å². The number of benzene rings is 1. The predicted molar refractivity (Wildman–Crippen MR) is 117 cm³/mol. The molecule has 30 heavy (non-hydrogen) atoms. The molecule has 2 aromatic rings. The summed E-state index contributed by atoms with van der Waals surface area (Å²) < 4.78 is 12.0. The monoisotopic (exact) mass is 429 g/mol. The molecule has 1 saturated carbocycles. The molecule has 0 radical (unpaired) electrons. The Morgan fingerprint density at radius 3 is 2.73 bits per heavy atom. The van der Waals surface area contributed by atoms with Crippen LogP contribution in [-0.2, 0) is 4.79 Å². The summed E-state index contributed by atoms with van der Waals surface area (Å²) in [7, 11) is 0. The highest BCUT2D eigenvalue weighted by atomic mass is 35.5. The molecule has 4 rings (SSSR count). The van der Waals surface area contributed by atoms with Gasteiger partial charge in [-0.3, -0.25) is 4.79 Å². The summed E-state index contributed by atoms with van der Waals surface area (Å²) in [5, 5.41) is 3.47. The SMILES string of the molecule is CC(=O)N[C@@H](C)c1ccc(O[C@@H]2CCN(c3ccnc(OCC4CC4)c3Cl)C2)cc1. The van der Waals surface area contributed by atoms with Gasteiger partial charge in [0.05, 0.1) is 24.9 Å². The molecule has 1 amide bonds. The van der Waals surface area contributed by atoms with Gasteiger partial charge in [-0.25, -0.2) is 4.98 Å². The second-order valence-corrected chi connectivity index (χ2v) is 8.55. The Bertz CT molecular complexity index is 886. The van der Waals surface area contributed by atoms with Crippen LogP contribution in [0, 0.1) is 5.92 Å². The van der Waals surface area contributed by atoms with Crippen molar-refractivity contribution in [2.45, 2.75) is 45.3 Å². The van der Waals surface area contributed by atoms with Gasteiger partial charge in [0, 0.05) is 26.1 Å². The number of halogens is 1. The number of amides is 1. The molecule has 1 aromatic heterocycles. The van der Waals surface area contributed by atoms with Crippen LogP contribution in [0.1, 0.15) is 44.7 Å². The maximum absolute atomic E-state index is 11.2. The zero-order valence-corrected chi connectivity index (χ0v) is 18.2. The molecule has 2 fully saturated rings. The van der Waals surface area contributed by atoms with Crippen LogP contribution in [0.3, 0.4) is 0 Å². The van der Waals surface area contributed by atoms with Crippen molar-refractivity contribution in [1.29, 1.82) is 0 Å². The molecule has 1 aliphatic heterocycles. The van der Waals surface area contributed by atoms with Gasteiger partial charge in [0.15, 0.2) is 0 Å². The van der Waals surface area contributed by atoms with Crippen molar-refractivity contribution in [2.75, 3.05) is 24.6 Å². The minimum absolute atomic E-state index is 0.0244. The Kier molecular flexibility index (Phi) is 6.32. The summed E-state index contributed by atoms with van der Waals surface area (Å²) in [6.45, 7) is 5.81. The number of rotatable bonds is 8. The molecule has 2 heterocycles.